The fraction of sp³-hybridized carbons (Fsp3) is 0.267. The summed E-state index contributed by atoms with van der Waals surface area (Å²) in [5.41, 5.74) is 2.95. The van der Waals surface area contributed by atoms with Gasteiger partial charge < -0.3 is 4.90 Å². The van der Waals surface area contributed by atoms with Crippen LogP contribution in [0.15, 0.2) is 36.7 Å². The lowest BCUT2D eigenvalue weighted by Gasteiger charge is -2.19. The molecule has 0 aliphatic carbocycles. The van der Waals surface area contributed by atoms with Gasteiger partial charge in [0.05, 0.1) is 12.4 Å². The Morgan fingerprint density at radius 3 is 2.35 bits per heavy atom. The molecule has 1 aromatic heterocycles. The molecule has 102 valence electrons. The van der Waals surface area contributed by atoms with E-state index in [2.05, 4.69) is 22.1 Å². The van der Waals surface area contributed by atoms with Gasteiger partial charge in [0.25, 0.3) is 5.91 Å². The highest BCUT2D eigenvalue weighted by Crippen LogP contribution is 2.17. The first-order chi connectivity index (χ1) is 9.74. The Bertz CT molecular complexity index is 618. The van der Waals surface area contributed by atoms with Crippen molar-refractivity contribution in [3.05, 3.63) is 58.6 Å². The second-order valence-electron chi connectivity index (χ2n) is 4.79. The third kappa shape index (κ3) is 2.65. The molecule has 1 aliphatic heterocycles. The molecule has 1 amide bonds. The molecule has 1 aromatic carbocycles. The molecule has 0 fully saturated rings. The number of benzene rings is 1. The van der Waals surface area contributed by atoms with Gasteiger partial charge in [-0.3, -0.25) is 9.78 Å². The molecule has 0 saturated heterocycles. The van der Waals surface area contributed by atoms with Gasteiger partial charge >= 0.3 is 0 Å². The minimum atomic E-state index is -0.104. The van der Waals surface area contributed by atoms with Gasteiger partial charge in [-0.25, -0.2) is 4.98 Å². The van der Waals surface area contributed by atoms with Gasteiger partial charge in [0.1, 0.15) is 10.8 Å². The van der Waals surface area contributed by atoms with E-state index in [9.17, 15) is 4.79 Å². The molecule has 5 heteroatoms. The molecule has 2 heterocycles. The van der Waals surface area contributed by atoms with E-state index in [-0.39, 0.29) is 11.1 Å². The van der Waals surface area contributed by atoms with E-state index in [0.29, 0.717) is 18.8 Å². The van der Waals surface area contributed by atoms with Crippen LogP contribution < -0.4 is 0 Å². The van der Waals surface area contributed by atoms with Crippen LogP contribution in [0, 0.1) is 0 Å². The lowest BCUT2D eigenvalue weighted by atomic mass is 10.0. The van der Waals surface area contributed by atoms with Crippen LogP contribution in [0.25, 0.3) is 0 Å². The molecule has 0 N–H and O–H groups in total. The first kappa shape index (κ1) is 13.1. The summed E-state index contributed by atoms with van der Waals surface area (Å²) < 4.78 is 0. The summed E-state index contributed by atoms with van der Waals surface area (Å²) in [7, 11) is 0. The normalized spacial score (nSPS) is 14.6. The zero-order valence-corrected chi connectivity index (χ0v) is 11.7. The molecular formula is C15H14ClN3O. The van der Waals surface area contributed by atoms with Crippen molar-refractivity contribution >= 4 is 17.5 Å². The maximum Gasteiger partial charge on any atom is 0.274 e. The largest absolute Gasteiger partial charge is 0.337 e. The first-order valence-corrected chi connectivity index (χ1v) is 6.95. The Labute approximate surface area is 122 Å². The van der Waals surface area contributed by atoms with Crippen LogP contribution in [0.1, 0.15) is 21.6 Å². The number of carbonyl (C=O) groups excluding carboxylic acids is 1. The van der Waals surface area contributed by atoms with Gasteiger partial charge in [-0.05, 0) is 24.0 Å². The second kappa shape index (κ2) is 5.59. The number of amides is 1. The van der Waals surface area contributed by atoms with Crippen LogP contribution in [-0.2, 0) is 12.8 Å². The second-order valence-corrected chi connectivity index (χ2v) is 5.18. The summed E-state index contributed by atoms with van der Waals surface area (Å²) in [5.74, 6) is -0.104. The van der Waals surface area contributed by atoms with E-state index in [1.165, 1.54) is 23.5 Å². The fourth-order valence-corrected chi connectivity index (χ4v) is 2.63. The predicted octanol–water partition coefficient (Wildman–Crippen LogP) is 2.37. The van der Waals surface area contributed by atoms with Crippen molar-refractivity contribution in [1.82, 2.24) is 14.9 Å². The predicted molar refractivity (Wildman–Crippen MR) is 76.8 cm³/mol. The fourth-order valence-electron chi connectivity index (χ4n) is 2.48. The molecule has 0 saturated carbocycles. The Morgan fingerprint density at radius 1 is 1.10 bits per heavy atom. The third-order valence-corrected chi connectivity index (χ3v) is 3.71. The Hall–Kier alpha value is -1.94. The number of fused-ring (bicyclic) bond motifs is 1. The van der Waals surface area contributed by atoms with Crippen LogP contribution >= 0.6 is 11.6 Å². The molecule has 4 nitrogen and oxygen atoms in total. The summed E-state index contributed by atoms with van der Waals surface area (Å²) in [5, 5.41) is 0.244. The van der Waals surface area contributed by atoms with E-state index in [0.717, 1.165) is 12.8 Å². The monoisotopic (exact) mass is 287 g/mol. The minimum absolute atomic E-state index is 0.104. The molecular weight excluding hydrogens is 274 g/mol. The van der Waals surface area contributed by atoms with Crippen molar-refractivity contribution in [2.45, 2.75) is 12.8 Å². The maximum atomic E-state index is 12.4. The minimum Gasteiger partial charge on any atom is -0.337 e. The zero-order chi connectivity index (χ0) is 13.9. The van der Waals surface area contributed by atoms with Crippen molar-refractivity contribution in [1.29, 1.82) is 0 Å². The SMILES string of the molecule is O=C(c1cncc(Cl)n1)N1CCc2ccccc2CC1. The molecule has 0 spiro atoms. The smallest absolute Gasteiger partial charge is 0.274 e. The summed E-state index contributed by atoms with van der Waals surface area (Å²) in [6.45, 7) is 1.40. The van der Waals surface area contributed by atoms with E-state index in [1.807, 2.05) is 17.0 Å². The molecule has 2 aromatic rings. The van der Waals surface area contributed by atoms with Crippen LogP contribution in [0.2, 0.25) is 5.15 Å². The molecule has 0 atom stereocenters. The molecule has 3 rings (SSSR count). The van der Waals surface area contributed by atoms with Crippen molar-refractivity contribution in [3.8, 4) is 0 Å². The standard InChI is InChI=1S/C15H14ClN3O/c16-14-10-17-9-13(18-14)15(20)19-7-5-11-3-1-2-4-12(11)6-8-19/h1-4,9-10H,5-8H2. The number of carbonyl (C=O) groups is 1. The van der Waals surface area contributed by atoms with Crippen LogP contribution in [0.5, 0.6) is 0 Å². The number of hydrogen-bond donors (Lipinski definition) is 0. The number of aromatic nitrogens is 2. The number of halogens is 1. The number of rotatable bonds is 1. The van der Waals surface area contributed by atoms with Crippen molar-refractivity contribution in [2.24, 2.45) is 0 Å². The third-order valence-electron chi connectivity index (χ3n) is 3.53. The van der Waals surface area contributed by atoms with Gasteiger partial charge in [0, 0.05) is 13.1 Å². The van der Waals surface area contributed by atoms with E-state index >= 15 is 0 Å². The van der Waals surface area contributed by atoms with Crippen LogP contribution in [0.4, 0.5) is 0 Å². The summed E-state index contributed by atoms with van der Waals surface area (Å²) >= 11 is 5.79. The van der Waals surface area contributed by atoms with Crippen molar-refractivity contribution in [3.63, 3.8) is 0 Å². The van der Waals surface area contributed by atoms with Gasteiger partial charge in [-0.2, -0.15) is 0 Å². The molecule has 1 aliphatic rings. The van der Waals surface area contributed by atoms with Gasteiger partial charge in [0.2, 0.25) is 0 Å². The Kier molecular flexibility index (Phi) is 3.65. The Morgan fingerprint density at radius 2 is 1.75 bits per heavy atom. The van der Waals surface area contributed by atoms with Crippen molar-refractivity contribution < 1.29 is 4.79 Å². The van der Waals surface area contributed by atoms with Crippen LogP contribution in [-0.4, -0.2) is 33.9 Å². The average molecular weight is 288 g/mol. The van der Waals surface area contributed by atoms with Crippen molar-refractivity contribution in [2.75, 3.05) is 13.1 Å². The maximum absolute atomic E-state index is 12.4. The summed E-state index contributed by atoms with van der Waals surface area (Å²) in [4.78, 5) is 22.2. The summed E-state index contributed by atoms with van der Waals surface area (Å²) in [6.07, 6.45) is 4.63. The number of hydrogen-bond acceptors (Lipinski definition) is 3. The molecule has 0 unspecified atom stereocenters. The lowest BCUT2D eigenvalue weighted by molar-refractivity contribution is 0.0756. The summed E-state index contributed by atoms with van der Waals surface area (Å²) in [6, 6.07) is 8.34. The topological polar surface area (TPSA) is 46.1 Å². The zero-order valence-electron chi connectivity index (χ0n) is 10.9. The quantitative estimate of drug-likeness (QED) is 0.809. The van der Waals surface area contributed by atoms with E-state index in [4.69, 9.17) is 11.6 Å². The van der Waals surface area contributed by atoms with E-state index < -0.39 is 0 Å². The lowest BCUT2D eigenvalue weighted by Crippen LogP contribution is -2.33. The highest BCUT2D eigenvalue weighted by atomic mass is 35.5. The first-order valence-electron chi connectivity index (χ1n) is 6.57. The highest BCUT2D eigenvalue weighted by Gasteiger charge is 2.20. The highest BCUT2D eigenvalue weighted by molar-refractivity contribution is 6.29. The van der Waals surface area contributed by atoms with E-state index in [1.54, 1.807) is 0 Å². The molecule has 0 radical (unpaired) electrons. The number of nitrogens with zero attached hydrogens (tertiary/aromatic N) is 3. The van der Waals surface area contributed by atoms with Gasteiger partial charge in [-0.15, -0.1) is 0 Å². The van der Waals surface area contributed by atoms with Crippen LogP contribution in [0.3, 0.4) is 0 Å². The van der Waals surface area contributed by atoms with Gasteiger partial charge in [0.15, 0.2) is 0 Å². The Balaban J connectivity index is 1.78. The molecule has 20 heavy (non-hydrogen) atoms. The molecule has 0 bridgehead atoms. The average Bonchev–Trinajstić information content (AvgIpc) is 2.69. The van der Waals surface area contributed by atoms with Gasteiger partial charge in [-0.1, -0.05) is 35.9 Å².